The summed E-state index contributed by atoms with van der Waals surface area (Å²) in [6.07, 6.45) is 3.94. The summed E-state index contributed by atoms with van der Waals surface area (Å²) in [6.45, 7) is 5.73. The van der Waals surface area contributed by atoms with Crippen molar-refractivity contribution in [2.24, 2.45) is 0 Å². The summed E-state index contributed by atoms with van der Waals surface area (Å²) in [5.74, 6) is -1.03. The first kappa shape index (κ1) is 19.2. The van der Waals surface area contributed by atoms with Crippen molar-refractivity contribution in [2.75, 3.05) is 10.5 Å². The SMILES string of the molecule is Cc1ccc(-c2c(C)c3c(c(C)c2CC(=O)O)NS(=O)(=O)C/C=C\C3)cc1. The minimum absolute atomic E-state index is 0.0844. The van der Waals surface area contributed by atoms with Crippen LogP contribution in [0.25, 0.3) is 11.1 Å². The number of rotatable bonds is 3. The zero-order valence-corrected chi connectivity index (χ0v) is 16.5. The molecule has 0 fully saturated rings. The van der Waals surface area contributed by atoms with E-state index in [1.165, 1.54) is 0 Å². The fraction of sp³-hybridized carbons (Fsp3) is 0.286. The van der Waals surface area contributed by atoms with Crippen LogP contribution < -0.4 is 4.72 Å². The topological polar surface area (TPSA) is 83.5 Å². The van der Waals surface area contributed by atoms with Crippen LogP contribution in [0.1, 0.15) is 27.8 Å². The van der Waals surface area contributed by atoms with Gasteiger partial charge in [0.25, 0.3) is 0 Å². The van der Waals surface area contributed by atoms with Crippen molar-refractivity contribution in [3.63, 3.8) is 0 Å². The van der Waals surface area contributed by atoms with Gasteiger partial charge in [-0.3, -0.25) is 9.52 Å². The van der Waals surface area contributed by atoms with Crippen LogP contribution in [0.5, 0.6) is 0 Å². The minimum Gasteiger partial charge on any atom is -0.481 e. The van der Waals surface area contributed by atoms with Gasteiger partial charge in [0.05, 0.1) is 17.9 Å². The Morgan fingerprint density at radius 3 is 2.37 bits per heavy atom. The number of aliphatic carboxylic acids is 1. The molecule has 0 amide bonds. The molecule has 0 bridgehead atoms. The quantitative estimate of drug-likeness (QED) is 0.788. The fourth-order valence-electron chi connectivity index (χ4n) is 3.60. The summed E-state index contributed by atoms with van der Waals surface area (Å²) < 4.78 is 27.3. The minimum atomic E-state index is -3.51. The van der Waals surface area contributed by atoms with Crippen molar-refractivity contribution < 1.29 is 18.3 Å². The molecule has 2 aromatic carbocycles. The molecule has 0 radical (unpaired) electrons. The number of benzene rings is 2. The Labute approximate surface area is 159 Å². The second-order valence-corrected chi connectivity index (χ2v) is 8.72. The first-order chi connectivity index (χ1) is 12.7. The van der Waals surface area contributed by atoms with Gasteiger partial charge in [0.2, 0.25) is 10.0 Å². The highest BCUT2D eigenvalue weighted by Crippen LogP contribution is 2.39. The van der Waals surface area contributed by atoms with Crippen LogP contribution in [-0.4, -0.2) is 25.2 Å². The van der Waals surface area contributed by atoms with E-state index in [-0.39, 0.29) is 12.2 Å². The van der Waals surface area contributed by atoms with Gasteiger partial charge in [-0.05, 0) is 60.6 Å². The van der Waals surface area contributed by atoms with Gasteiger partial charge in [-0.2, -0.15) is 0 Å². The van der Waals surface area contributed by atoms with Crippen molar-refractivity contribution in [1.29, 1.82) is 0 Å². The second-order valence-electron chi connectivity index (χ2n) is 6.95. The number of aryl methyl sites for hydroxylation is 1. The van der Waals surface area contributed by atoms with E-state index in [1.807, 2.05) is 44.2 Å². The molecule has 6 heteroatoms. The summed E-state index contributed by atoms with van der Waals surface area (Å²) in [4.78, 5) is 11.5. The first-order valence-corrected chi connectivity index (χ1v) is 10.4. The number of sulfonamides is 1. The first-order valence-electron chi connectivity index (χ1n) is 8.79. The number of fused-ring (bicyclic) bond motifs is 1. The predicted molar refractivity (Wildman–Crippen MR) is 108 cm³/mol. The Kier molecular flexibility index (Phi) is 5.11. The van der Waals surface area contributed by atoms with E-state index < -0.39 is 16.0 Å². The molecule has 0 saturated carbocycles. The zero-order valence-electron chi connectivity index (χ0n) is 15.7. The van der Waals surface area contributed by atoms with Gasteiger partial charge < -0.3 is 5.11 Å². The number of hydrogen-bond donors (Lipinski definition) is 2. The van der Waals surface area contributed by atoms with Gasteiger partial charge in [-0.25, -0.2) is 8.42 Å². The molecule has 0 aromatic heterocycles. The Hall–Kier alpha value is -2.60. The summed E-state index contributed by atoms with van der Waals surface area (Å²) in [7, 11) is -3.51. The van der Waals surface area contributed by atoms with Crippen LogP contribution >= 0.6 is 0 Å². The molecule has 0 atom stereocenters. The largest absolute Gasteiger partial charge is 0.481 e. The number of anilines is 1. The Bertz CT molecular complexity index is 1040. The molecular weight excluding hydrogens is 362 g/mol. The van der Waals surface area contributed by atoms with Crippen molar-refractivity contribution in [3.8, 4) is 11.1 Å². The smallest absolute Gasteiger partial charge is 0.307 e. The molecule has 0 aliphatic carbocycles. The molecular formula is C21H23NO4S. The summed E-state index contributed by atoms with van der Waals surface area (Å²) in [5, 5.41) is 9.46. The van der Waals surface area contributed by atoms with Crippen molar-refractivity contribution >= 4 is 21.7 Å². The van der Waals surface area contributed by atoms with E-state index in [2.05, 4.69) is 4.72 Å². The highest BCUT2D eigenvalue weighted by atomic mass is 32.2. The van der Waals surface area contributed by atoms with Crippen molar-refractivity contribution in [2.45, 2.75) is 33.6 Å². The number of carbonyl (C=O) groups is 1. The summed E-state index contributed by atoms with van der Waals surface area (Å²) in [6, 6.07) is 7.96. The van der Waals surface area contributed by atoms with E-state index in [1.54, 1.807) is 13.0 Å². The fourth-order valence-corrected chi connectivity index (χ4v) is 4.66. The van der Waals surface area contributed by atoms with Crippen LogP contribution in [0.15, 0.2) is 36.4 Å². The third-order valence-corrected chi connectivity index (χ3v) is 6.14. The van der Waals surface area contributed by atoms with Crippen molar-refractivity contribution in [1.82, 2.24) is 0 Å². The molecule has 0 spiro atoms. The van der Waals surface area contributed by atoms with Crippen LogP contribution in [0, 0.1) is 20.8 Å². The molecule has 27 heavy (non-hydrogen) atoms. The normalized spacial score (nSPS) is 16.6. The molecule has 5 nitrogen and oxygen atoms in total. The molecule has 2 aromatic rings. The monoisotopic (exact) mass is 385 g/mol. The highest BCUT2D eigenvalue weighted by molar-refractivity contribution is 7.92. The lowest BCUT2D eigenvalue weighted by atomic mass is 9.84. The number of carboxylic acid groups (broad SMARTS) is 1. The van der Waals surface area contributed by atoms with Crippen LogP contribution in [0.3, 0.4) is 0 Å². The maximum Gasteiger partial charge on any atom is 0.307 e. The van der Waals surface area contributed by atoms with Crippen LogP contribution in [0.4, 0.5) is 5.69 Å². The molecule has 0 saturated heterocycles. The number of carboxylic acids is 1. The van der Waals surface area contributed by atoms with E-state index >= 15 is 0 Å². The zero-order chi connectivity index (χ0) is 19.8. The van der Waals surface area contributed by atoms with Crippen LogP contribution in [0.2, 0.25) is 0 Å². The third kappa shape index (κ3) is 3.90. The van der Waals surface area contributed by atoms with E-state index in [4.69, 9.17) is 0 Å². The van der Waals surface area contributed by atoms with E-state index in [0.717, 1.165) is 27.8 Å². The average molecular weight is 385 g/mol. The third-order valence-electron chi connectivity index (χ3n) is 4.99. The predicted octanol–water partition coefficient (Wildman–Crippen LogP) is 3.76. The second kappa shape index (κ2) is 7.19. The average Bonchev–Trinajstić information content (AvgIpc) is 2.57. The maximum atomic E-state index is 12.3. The molecule has 1 aliphatic heterocycles. The standard InChI is InChI=1S/C21H23NO4S/c1-13-7-9-16(10-8-13)20-14(2)17-6-4-5-11-27(25,26)22-21(17)15(3)18(20)12-19(23)24/h4-5,7-10,22H,6,11-12H2,1-3H3,(H,23,24)/b5-4-. The summed E-state index contributed by atoms with van der Waals surface area (Å²) in [5.41, 5.74) is 6.57. The number of allylic oxidation sites excluding steroid dienone is 1. The molecule has 3 rings (SSSR count). The van der Waals surface area contributed by atoms with Gasteiger partial charge >= 0.3 is 5.97 Å². The lowest BCUT2D eigenvalue weighted by Crippen LogP contribution is -2.21. The number of hydrogen-bond acceptors (Lipinski definition) is 3. The highest BCUT2D eigenvalue weighted by Gasteiger charge is 2.24. The van der Waals surface area contributed by atoms with Gasteiger partial charge in [-0.15, -0.1) is 0 Å². The molecule has 0 unspecified atom stereocenters. The molecule has 142 valence electrons. The van der Waals surface area contributed by atoms with Gasteiger partial charge in [-0.1, -0.05) is 42.0 Å². The Morgan fingerprint density at radius 2 is 1.74 bits per heavy atom. The number of nitrogens with one attached hydrogen (secondary N) is 1. The lowest BCUT2D eigenvalue weighted by molar-refractivity contribution is -0.136. The molecule has 1 aliphatic rings. The Morgan fingerprint density at radius 1 is 1.07 bits per heavy atom. The van der Waals surface area contributed by atoms with Gasteiger partial charge in [0.1, 0.15) is 0 Å². The molecule has 1 heterocycles. The van der Waals surface area contributed by atoms with Crippen LogP contribution in [-0.2, 0) is 27.7 Å². The van der Waals surface area contributed by atoms with Crippen molar-refractivity contribution in [3.05, 3.63) is 64.2 Å². The molecule has 2 N–H and O–H groups in total. The lowest BCUT2D eigenvalue weighted by Gasteiger charge is -2.25. The van der Waals surface area contributed by atoms with Gasteiger partial charge in [0.15, 0.2) is 0 Å². The van der Waals surface area contributed by atoms with E-state index in [0.29, 0.717) is 23.2 Å². The van der Waals surface area contributed by atoms with Gasteiger partial charge in [0, 0.05) is 0 Å². The summed E-state index contributed by atoms with van der Waals surface area (Å²) >= 11 is 0. The Balaban J connectivity index is 2.35. The van der Waals surface area contributed by atoms with E-state index in [9.17, 15) is 18.3 Å². The maximum absolute atomic E-state index is 12.3.